The minimum absolute atomic E-state index is 0.0285. The lowest BCUT2D eigenvalue weighted by atomic mass is 10.1. The first-order chi connectivity index (χ1) is 8.66. The van der Waals surface area contributed by atoms with Crippen molar-refractivity contribution in [2.45, 2.75) is 0 Å². The predicted octanol–water partition coefficient (Wildman–Crippen LogP) is 1.46. The minimum Gasteiger partial charge on any atom is -0.477 e. The zero-order chi connectivity index (χ0) is 12.7. The fourth-order valence-electron chi connectivity index (χ4n) is 1.89. The smallest absolute Gasteiger partial charge is 0.354 e. The molecule has 3 heterocycles. The van der Waals surface area contributed by atoms with Crippen molar-refractivity contribution in [2.24, 2.45) is 0 Å². The third kappa shape index (κ3) is 1.43. The highest BCUT2D eigenvalue weighted by Gasteiger charge is 2.10. The third-order valence-electron chi connectivity index (χ3n) is 2.73. The average molecular weight is 240 g/mol. The first-order valence-corrected chi connectivity index (χ1v) is 5.19. The molecule has 6 heteroatoms. The van der Waals surface area contributed by atoms with E-state index in [0.717, 1.165) is 10.8 Å². The number of carboxylic acid groups (broad SMARTS) is 1. The summed E-state index contributed by atoms with van der Waals surface area (Å²) in [6.45, 7) is 0. The van der Waals surface area contributed by atoms with E-state index in [2.05, 4.69) is 15.0 Å². The van der Waals surface area contributed by atoms with Crippen molar-refractivity contribution in [3.8, 4) is 0 Å². The number of carbonyl (C=O) groups is 1. The summed E-state index contributed by atoms with van der Waals surface area (Å²) in [5.41, 5.74) is 6.36. The number of nitrogens with zero attached hydrogens (tertiary/aromatic N) is 3. The zero-order valence-corrected chi connectivity index (χ0v) is 9.16. The Hall–Kier alpha value is -2.76. The number of hydrogen-bond donors (Lipinski definition) is 2. The van der Waals surface area contributed by atoms with Crippen LogP contribution in [-0.4, -0.2) is 26.0 Å². The third-order valence-corrected chi connectivity index (χ3v) is 2.73. The normalized spacial score (nSPS) is 10.9. The Morgan fingerprint density at radius 1 is 1.22 bits per heavy atom. The van der Waals surface area contributed by atoms with Crippen molar-refractivity contribution in [1.82, 2.24) is 15.0 Å². The van der Waals surface area contributed by atoms with Crippen LogP contribution in [0.3, 0.4) is 0 Å². The van der Waals surface area contributed by atoms with Gasteiger partial charge in [-0.1, -0.05) is 0 Å². The molecule has 0 amide bonds. The molecule has 3 aromatic rings. The van der Waals surface area contributed by atoms with Gasteiger partial charge in [0.2, 0.25) is 0 Å². The molecule has 0 atom stereocenters. The summed E-state index contributed by atoms with van der Waals surface area (Å²) in [7, 11) is 0. The van der Waals surface area contributed by atoms with Gasteiger partial charge < -0.3 is 10.8 Å². The largest absolute Gasteiger partial charge is 0.477 e. The number of hydrogen-bond acceptors (Lipinski definition) is 5. The van der Waals surface area contributed by atoms with Crippen LogP contribution in [0.25, 0.3) is 21.7 Å². The number of pyridine rings is 3. The minimum atomic E-state index is -1.08. The highest BCUT2D eigenvalue weighted by molar-refractivity contribution is 6.10. The molecular formula is C12H8N4O2. The number of rotatable bonds is 1. The van der Waals surface area contributed by atoms with Crippen LogP contribution in [0, 0.1) is 0 Å². The van der Waals surface area contributed by atoms with E-state index in [4.69, 9.17) is 10.8 Å². The maximum Gasteiger partial charge on any atom is 0.354 e. The Bertz CT molecular complexity index is 785. The summed E-state index contributed by atoms with van der Waals surface area (Å²) < 4.78 is 0. The molecule has 6 nitrogen and oxygen atoms in total. The Morgan fingerprint density at radius 3 is 2.83 bits per heavy atom. The molecule has 3 N–H and O–H groups in total. The van der Waals surface area contributed by atoms with E-state index in [1.165, 1.54) is 12.3 Å². The van der Waals surface area contributed by atoms with Gasteiger partial charge in [-0.3, -0.25) is 4.98 Å². The van der Waals surface area contributed by atoms with Crippen LogP contribution in [0.2, 0.25) is 0 Å². The van der Waals surface area contributed by atoms with Crippen LogP contribution in [0.4, 0.5) is 5.82 Å². The molecule has 0 spiro atoms. The van der Waals surface area contributed by atoms with Gasteiger partial charge in [0.05, 0.1) is 11.7 Å². The zero-order valence-electron chi connectivity index (χ0n) is 9.16. The second-order valence-electron chi connectivity index (χ2n) is 3.81. The first-order valence-electron chi connectivity index (χ1n) is 5.19. The van der Waals surface area contributed by atoms with Crippen molar-refractivity contribution in [3.05, 3.63) is 36.4 Å². The van der Waals surface area contributed by atoms with Gasteiger partial charge in [0, 0.05) is 28.6 Å². The summed E-state index contributed by atoms with van der Waals surface area (Å²) in [5, 5.41) is 11.1. The van der Waals surface area contributed by atoms with Gasteiger partial charge in [0.1, 0.15) is 11.5 Å². The topological polar surface area (TPSA) is 102 Å². The molecule has 0 bridgehead atoms. The lowest BCUT2D eigenvalue weighted by molar-refractivity contribution is 0.0691. The number of anilines is 1. The molecule has 18 heavy (non-hydrogen) atoms. The molecule has 3 aromatic heterocycles. The van der Waals surface area contributed by atoms with Gasteiger partial charge in [-0.25, -0.2) is 14.8 Å². The number of nitrogen functional groups attached to an aromatic ring is 1. The van der Waals surface area contributed by atoms with E-state index >= 15 is 0 Å². The Balaban J connectivity index is 2.50. The van der Waals surface area contributed by atoms with Crippen molar-refractivity contribution in [1.29, 1.82) is 0 Å². The molecule has 0 aliphatic heterocycles. The number of carboxylic acids is 1. The van der Waals surface area contributed by atoms with Crippen LogP contribution >= 0.6 is 0 Å². The van der Waals surface area contributed by atoms with Gasteiger partial charge in [0.25, 0.3) is 0 Å². The summed E-state index contributed by atoms with van der Waals surface area (Å²) >= 11 is 0. The molecule has 0 aliphatic rings. The fraction of sp³-hybridized carbons (Fsp3) is 0. The average Bonchev–Trinajstić information content (AvgIpc) is 2.38. The van der Waals surface area contributed by atoms with Gasteiger partial charge in [-0.05, 0) is 12.1 Å². The Labute approximate surface area is 101 Å². The summed E-state index contributed by atoms with van der Waals surface area (Å²) in [6.07, 6.45) is 4.66. The van der Waals surface area contributed by atoms with Crippen LogP contribution in [0.15, 0.2) is 30.7 Å². The van der Waals surface area contributed by atoms with Crippen molar-refractivity contribution in [3.63, 3.8) is 0 Å². The van der Waals surface area contributed by atoms with E-state index < -0.39 is 5.97 Å². The molecule has 0 saturated carbocycles. The summed E-state index contributed by atoms with van der Waals surface area (Å²) in [5.74, 6) is -0.699. The lowest BCUT2D eigenvalue weighted by Crippen LogP contribution is -2.01. The summed E-state index contributed by atoms with van der Waals surface area (Å²) in [6, 6.07) is 3.23. The quantitative estimate of drug-likeness (QED) is 0.624. The molecule has 0 fully saturated rings. The van der Waals surface area contributed by atoms with Crippen LogP contribution < -0.4 is 5.73 Å². The van der Waals surface area contributed by atoms with Gasteiger partial charge in [-0.2, -0.15) is 0 Å². The van der Waals surface area contributed by atoms with Crippen molar-refractivity contribution >= 4 is 33.5 Å². The van der Waals surface area contributed by atoms with Crippen LogP contribution in [0.1, 0.15) is 10.5 Å². The molecule has 0 aliphatic carbocycles. The Kier molecular flexibility index (Phi) is 2.09. The van der Waals surface area contributed by atoms with E-state index in [1.54, 1.807) is 18.5 Å². The summed E-state index contributed by atoms with van der Waals surface area (Å²) in [4.78, 5) is 23.0. The maximum absolute atomic E-state index is 10.9. The molecule has 0 unspecified atom stereocenters. The van der Waals surface area contributed by atoms with Gasteiger partial charge in [-0.15, -0.1) is 0 Å². The predicted molar refractivity (Wildman–Crippen MR) is 66.2 cm³/mol. The molecule has 0 aromatic carbocycles. The maximum atomic E-state index is 10.9. The van der Waals surface area contributed by atoms with E-state index in [9.17, 15) is 4.79 Å². The van der Waals surface area contributed by atoms with E-state index in [1.807, 2.05) is 0 Å². The fourth-order valence-corrected chi connectivity index (χ4v) is 1.89. The molecule has 0 saturated heterocycles. The van der Waals surface area contributed by atoms with Crippen molar-refractivity contribution in [2.75, 3.05) is 5.73 Å². The van der Waals surface area contributed by atoms with Crippen LogP contribution in [0.5, 0.6) is 0 Å². The first kappa shape index (κ1) is 10.4. The van der Waals surface area contributed by atoms with Gasteiger partial charge in [0.15, 0.2) is 0 Å². The highest BCUT2D eigenvalue weighted by atomic mass is 16.4. The standard InChI is InChI=1S/C12H8N4O2/c13-11-6-1-2-14-4-8(6)7-3-9(12(17)18)15-5-10(7)16-11/h1-5H,(H2,13,16)(H,17,18). The molecule has 0 radical (unpaired) electrons. The molecule has 88 valence electrons. The van der Waals surface area contributed by atoms with E-state index in [0.29, 0.717) is 16.7 Å². The highest BCUT2D eigenvalue weighted by Crippen LogP contribution is 2.26. The number of aromatic carboxylic acids is 1. The van der Waals surface area contributed by atoms with Crippen molar-refractivity contribution < 1.29 is 9.90 Å². The lowest BCUT2D eigenvalue weighted by Gasteiger charge is -2.05. The molecular weight excluding hydrogens is 232 g/mol. The second kappa shape index (κ2) is 3.63. The number of fused-ring (bicyclic) bond motifs is 3. The number of nitrogens with two attached hydrogens (primary N) is 1. The Morgan fingerprint density at radius 2 is 2.06 bits per heavy atom. The van der Waals surface area contributed by atoms with Gasteiger partial charge >= 0.3 is 5.97 Å². The second-order valence-corrected chi connectivity index (χ2v) is 3.81. The monoisotopic (exact) mass is 240 g/mol. The molecule has 3 rings (SSSR count). The number of aromatic nitrogens is 3. The van der Waals surface area contributed by atoms with Crippen LogP contribution in [-0.2, 0) is 0 Å². The SMILES string of the molecule is Nc1nc2cnc(C(=O)O)cc2c2cnccc12. The van der Waals surface area contributed by atoms with E-state index in [-0.39, 0.29) is 5.69 Å².